The first-order chi connectivity index (χ1) is 14.9. The number of ether oxygens (including phenoxy) is 1. The highest BCUT2D eigenvalue weighted by Gasteiger charge is 2.26. The van der Waals surface area contributed by atoms with Gasteiger partial charge in [-0.1, -0.05) is 17.3 Å². The molecule has 4 rings (SSSR count). The summed E-state index contributed by atoms with van der Waals surface area (Å²) in [5.74, 6) is 1.57. The van der Waals surface area contributed by atoms with Crippen LogP contribution >= 0.6 is 11.3 Å². The Morgan fingerprint density at radius 2 is 1.90 bits per heavy atom. The van der Waals surface area contributed by atoms with E-state index in [4.69, 9.17) is 11.2 Å². The Morgan fingerprint density at radius 3 is 2.58 bits per heavy atom. The number of carbonyl (C=O) groups excluding carboxylic acids is 1. The summed E-state index contributed by atoms with van der Waals surface area (Å²) in [5, 5.41) is 0. The minimum absolute atomic E-state index is 0.102. The molecule has 0 N–H and O–H groups in total. The van der Waals surface area contributed by atoms with Crippen molar-refractivity contribution in [3.63, 3.8) is 0 Å². The Kier molecular flexibility index (Phi) is 6.02. The van der Waals surface area contributed by atoms with Crippen LogP contribution in [0.5, 0.6) is 0 Å². The van der Waals surface area contributed by atoms with Crippen LogP contribution in [-0.2, 0) is 21.3 Å². The highest BCUT2D eigenvalue weighted by atomic mass is 32.2. The number of halogens is 1. The van der Waals surface area contributed by atoms with Crippen LogP contribution in [0.3, 0.4) is 0 Å². The Balaban J connectivity index is 1.66. The summed E-state index contributed by atoms with van der Waals surface area (Å²) >= 11 is 1.15. The van der Waals surface area contributed by atoms with E-state index in [9.17, 15) is 17.6 Å². The molecule has 0 aliphatic carbocycles. The maximum absolute atomic E-state index is 13.6. The molecule has 3 aromatic rings. The van der Waals surface area contributed by atoms with E-state index in [1.165, 1.54) is 40.7 Å². The Labute approximate surface area is 182 Å². The second-order valence-electron chi connectivity index (χ2n) is 6.74. The molecule has 0 bridgehead atoms. The Bertz CT molecular complexity index is 1350. The molecule has 0 spiro atoms. The van der Waals surface area contributed by atoms with Crippen molar-refractivity contribution in [1.82, 2.24) is 8.87 Å². The average Bonchev–Trinajstić information content (AvgIpc) is 3.10. The van der Waals surface area contributed by atoms with Gasteiger partial charge >= 0.3 is 0 Å². The lowest BCUT2D eigenvalue weighted by Crippen LogP contribution is -2.40. The van der Waals surface area contributed by atoms with E-state index in [2.05, 4.69) is 10.9 Å². The molecule has 31 heavy (non-hydrogen) atoms. The van der Waals surface area contributed by atoms with Gasteiger partial charge in [0.15, 0.2) is 4.80 Å². The minimum atomic E-state index is -3.65. The molecule has 0 unspecified atom stereocenters. The first-order valence-corrected chi connectivity index (χ1v) is 11.7. The fraction of sp³-hybridized carbons (Fsp3) is 0.238. The second-order valence-corrected chi connectivity index (χ2v) is 9.69. The number of benzene rings is 2. The van der Waals surface area contributed by atoms with Crippen molar-refractivity contribution in [2.24, 2.45) is 4.99 Å². The van der Waals surface area contributed by atoms with Gasteiger partial charge in [0.25, 0.3) is 5.91 Å². The monoisotopic (exact) mass is 459 g/mol. The van der Waals surface area contributed by atoms with Gasteiger partial charge in [0.2, 0.25) is 10.0 Å². The van der Waals surface area contributed by atoms with E-state index in [1.807, 2.05) is 0 Å². The number of rotatable bonds is 4. The minimum Gasteiger partial charge on any atom is -0.379 e. The highest BCUT2D eigenvalue weighted by molar-refractivity contribution is 7.89. The number of nitrogens with zero attached hydrogens (tertiary/aromatic N) is 3. The van der Waals surface area contributed by atoms with E-state index in [0.29, 0.717) is 41.3 Å². The Hall–Kier alpha value is -2.84. The summed E-state index contributed by atoms with van der Waals surface area (Å²) in [6, 6.07) is 9.92. The lowest BCUT2D eigenvalue weighted by Gasteiger charge is -2.26. The van der Waals surface area contributed by atoms with Crippen LogP contribution in [0.2, 0.25) is 0 Å². The van der Waals surface area contributed by atoms with Gasteiger partial charge < -0.3 is 9.30 Å². The van der Waals surface area contributed by atoms with E-state index in [-0.39, 0.29) is 17.0 Å². The maximum atomic E-state index is 13.6. The van der Waals surface area contributed by atoms with Crippen molar-refractivity contribution in [2.45, 2.75) is 11.4 Å². The summed E-state index contributed by atoms with van der Waals surface area (Å²) in [6.07, 6.45) is 5.43. The number of sulfonamides is 1. The largest absolute Gasteiger partial charge is 0.379 e. The molecule has 0 saturated carbocycles. The molecule has 1 aliphatic heterocycles. The molecular formula is C21H18FN3O4S2. The number of thiazole rings is 1. The molecule has 7 nitrogen and oxygen atoms in total. The van der Waals surface area contributed by atoms with Gasteiger partial charge in [-0.3, -0.25) is 4.79 Å². The van der Waals surface area contributed by atoms with Gasteiger partial charge in [0.05, 0.1) is 34.9 Å². The van der Waals surface area contributed by atoms with Crippen molar-refractivity contribution < 1.29 is 22.3 Å². The van der Waals surface area contributed by atoms with Crippen LogP contribution in [0.25, 0.3) is 10.2 Å². The first kappa shape index (κ1) is 21.4. The van der Waals surface area contributed by atoms with E-state index in [1.54, 1.807) is 10.6 Å². The number of carbonyl (C=O) groups is 1. The second kappa shape index (κ2) is 8.72. The zero-order valence-corrected chi connectivity index (χ0v) is 18.0. The maximum Gasteiger partial charge on any atom is 0.279 e. The molecule has 2 heterocycles. The lowest BCUT2D eigenvalue weighted by molar-refractivity contribution is 0.0730. The van der Waals surface area contributed by atoms with Crippen molar-refractivity contribution in [1.29, 1.82) is 0 Å². The fourth-order valence-electron chi connectivity index (χ4n) is 3.23. The number of hydrogen-bond acceptors (Lipinski definition) is 5. The molecule has 0 atom stereocenters. The molecule has 0 radical (unpaired) electrons. The zero-order chi connectivity index (χ0) is 22.0. The molecule has 1 saturated heterocycles. The summed E-state index contributed by atoms with van der Waals surface area (Å²) in [4.78, 5) is 17.3. The predicted molar refractivity (Wildman–Crippen MR) is 115 cm³/mol. The van der Waals surface area contributed by atoms with Crippen molar-refractivity contribution in [2.75, 3.05) is 26.3 Å². The van der Waals surface area contributed by atoms with E-state index in [0.717, 1.165) is 11.3 Å². The molecule has 2 aromatic carbocycles. The van der Waals surface area contributed by atoms with Crippen LogP contribution < -0.4 is 4.80 Å². The Morgan fingerprint density at radius 1 is 1.19 bits per heavy atom. The van der Waals surface area contributed by atoms with E-state index < -0.39 is 21.7 Å². The number of terminal acetylenes is 1. The van der Waals surface area contributed by atoms with Crippen LogP contribution in [0.15, 0.2) is 52.4 Å². The third-order valence-corrected chi connectivity index (χ3v) is 7.75. The number of amides is 1. The standard InChI is InChI=1S/C21H18FN3O4S2/c1-2-9-25-18-8-5-16(22)14-19(18)30-21(25)23-20(26)15-3-6-17(7-4-15)31(27,28)24-10-12-29-13-11-24/h1,3-8,14H,9-13H2. The summed E-state index contributed by atoms with van der Waals surface area (Å²) in [5.41, 5.74) is 0.916. The quantitative estimate of drug-likeness (QED) is 0.561. The summed E-state index contributed by atoms with van der Waals surface area (Å²) in [6.45, 7) is 1.46. The smallest absolute Gasteiger partial charge is 0.279 e. The molecule has 1 aromatic heterocycles. The van der Waals surface area contributed by atoms with Crippen molar-refractivity contribution in [3.8, 4) is 12.3 Å². The van der Waals surface area contributed by atoms with Crippen LogP contribution in [-0.4, -0.2) is 49.5 Å². The molecule has 1 amide bonds. The van der Waals surface area contributed by atoms with Gasteiger partial charge in [-0.15, -0.1) is 6.42 Å². The average molecular weight is 460 g/mol. The van der Waals surface area contributed by atoms with Crippen molar-refractivity contribution in [3.05, 3.63) is 58.6 Å². The topological polar surface area (TPSA) is 81.0 Å². The third-order valence-electron chi connectivity index (χ3n) is 4.80. The van der Waals surface area contributed by atoms with Gasteiger partial charge in [-0.2, -0.15) is 9.30 Å². The third kappa shape index (κ3) is 4.31. The number of morpholine rings is 1. The normalized spacial score (nSPS) is 15.8. The van der Waals surface area contributed by atoms with Crippen LogP contribution in [0.4, 0.5) is 4.39 Å². The first-order valence-electron chi connectivity index (χ1n) is 9.39. The van der Waals surface area contributed by atoms with Crippen LogP contribution in [0.1, 0.15) is 10.4 Å². The summed E-state index contributed by atoms with van der Waals surface area (Å²) < 4.78 is 47.8. The SMILES string of the molecule is C#CCn1c(=NC(=O)c2ccc(S(=O)(=O)N3CCOCC3)cc2)sc2cc(F)ccc21. The molecule has 1 fully saturated rings. The molecule has 1 aliphatic rings. The highest BCUT2D eigenvalue weighted by Crippen LogP contribution is 2.20. The van der Waals surface area contributed by atoms with E-state index >= 15 is 0 Å². The number of fused-ring (bicyclic) bond motifs is 1. The van der Waals surface area contributed by atoms with Crippen molar-refractivity contribution >= 4 is 37.5 Å². The van der Waals surface area contributed by atoms with Gasteiger partial charge in [0.1, 0.15) is 5.82 Å². The number of aromatic nitrogens is 1. The molecule has 10 heteroatoms. The van der Waals surface area contributed by atoms with Gasteiger partial charge in [-0.05, 0) is 42.5 Å². The lowest BCUT2D eigenvalue weighted by atomic mass is 10.2. The van der Waals surface area contributed by atoms with Crippen LogP contribution in [0, 0.1) is 18.2 Å². The van der Waals surface area contributed by atoms with Gasteiger partial charge in [0, 0.05) is 18.7 Å². The fourth-order valence-corrected chi connectivity index (χ4v) is 5.69. The van der Waals surface area contributed by atoms with Gasteiger partial charge in [-0.25, -0.2) is 12.8 Å². The summed E-state index contributed by atoms with van der Waals surface area (Å²) in [7, 11) is -3.65. The number of hydrogen-bond donors (Lipinski definition) is 0. The predicted octanol–water partition coefficient (Wildman–Crippen LogP) is 2.24. The molecular weight excluding hydrogens is 441 g/mol. The zero-order valence-electron chi connectivity index (χ0n) is 16.3. The molecule has 160 valence electrons.